The lowest BCUT2D eigenvalue weighted by atomic mass is 9.98. The molecule has 2 unspecified atom stereocenters. The normalized spacial score (nSPS) is 14.6. The molecular formula is C19H26FN3O3S. The Morgan fingerprint density at radius 2 is 1.93 bits per heavy atom. The van der Waals surface area contributed by atoms with Crippen molar-refractivity contribution in [1.82, 2.24) is 15.6 Å². The van der Waals surface area contributed by atoms with Gasteiger partial charge in [0.2, 0.25) is 5.91 Å². The summed E-state index contributed by atoms with van der Waals surface area (Å²) in [5.41, 5.74) is 0.689. The molecule has 0 aliphatic heterocycles. The van der Waals surface area contributed by atoms with E-state index in [1.54, 1.807) is 19.9 Å². The minimum absolute atomic E-state index is 0.0682. The second-order valence-corrected chi connectivity index (χ2v) is 7.92. The highest BCUT2D eigenvalue weighted by Gasteiger charge is 2.28. The third-order valence-electron chi connectivity index (χ3n) is 4.21. The first-order valence-electron chi connectivity index (χ1n) is 9.04. The Kier molecular flexibility index (Phi) is 7.12. The lowest BCUT2D eigenvalue weighted by Crippen LogP contribution is -2.51. The zero-order valence-electron chi connectivity index (χ0n) is 16.2. The summed E-state index contributed by atoms with van der Waals surface area (Å²) in [6.45, 7) is 9.15. The van der Waals surface area contributed by atoms with Crippen LogP contribution in [0.5, 0.6) is 0 Å². The molecule has 3 atom stereocenters. The van der Waals surface area contributed by atoms with Gasteiger partial charge in [-0.05, 0) is 44.9 Å². The highest BCUT2D eigenvalue weighted by Crippen LogP contribution is 2.27. The van der Waals surface area contributed by atoms with Crippen LogP contribution in [0.15, 0.2) is 18.2 Å². The Morgan fingerprint density at radius 1 is 1.22 bits per heavy atom. The van der Waals surface area contributed by atoms with Gasteiger partial charge in [-0.1, -0.05) is 20.3 Å². The smallest absolute Gasteiger partial charge is 0.408 e. The van der Waals surface area contributed by atoms with E-state index in [4.69, 9.17) is 4.74 Å². The highest BCUT2D eigenvalue weighted by molar-refractivity contribution is 7.18. The van der Waals surface area contributed by atoms with E-state index in [0.717, 1.165) is 11.1 Å². The maximum atomic E-state index is 13.4. The zero-order chi connectivity index (χ0) is 20.1. The number of carbonyl (C=O) groups is 2. The van der Waals surface area contributed by atoms with E-state index < -0.39 is 12.1 Å². The first-order chi connectivity index (χ1) is 12.7. The molecule has 0 saturated heterocycles. The van der Waals surface area contributed by atoms with Crippen LogP contribution in [0.1, 0.15) is 52.1 Å². The number of amides is 2. The summed E-state index contributed by atoms with van der Waals surface area (Å²) < 4.78 is 19.2. The van der Waals surface area contributed by atoms with E-state index in [9.17, 15) is 14.0 Å². The molecule has 1 heterocycles. The monoisotopic (exact) mass is 395 g/mol. The molecule has 0 fully saturated rings. The van der Waals surface area contributed by atoms with E-state index in [2.05, 4.69) is 15.6 Å². The van der Waals surface area contributed by atoms with Crippen LogP contribution in [0.2, 0.25) is 0 Å². The summed E-state index contributed by atoms with van der Waals surface area (Å²) >= 11 is 1.33. The third-order valence-corrected chi connectivity index (χ3v) is 5.41. The molecule has 0 aliphatic carbocycles. The summed E-state index contributed by atoms with van der Waals surface area (Å²) in [6.07, 6.45) is -0.171. The number of hydrogen-bond acceptors (Lipinski definition) is 5. The minimum Gasteiger partial charge on any atom is -0.447 e. The molecule has 0 bridgehead atoms. The molecule has 6 nitrogen and oxygen atoms in total. The van der Waals surface area contributed by atoms with Gasteiger partial charge < -0.3 is 15.4 Å². The van der Waals surface area contributed by atoms with Gasteiger partial charge in [-0.25, -0.2) is 14.2 Å². The van der Waals surface area contributed by atoms with Crippen LogP contribution < -0.4 is 10.6 Å². The van der Waals surface area contributed by atoms with E-state index >= 15 is 0 Å². The Labute approximate surface area is 162 Å². The standard InChI is InChI=1S/C19H26FN3O3S/c1-6-11(4)16(23-19(25)26-10(2)3)17(24)21-12(5)18-22-14-8-7-13(20)9-15(14)27-18/h7-12,16H,6H2,1-5H3,(H,21,24)(H,23,25)/t11?,12-,16?/m0/s1. The molecule has 2 rings (SSSR count). The summed E-state index contributed by atoms with van der Waals surface area (Å²) in [5, 5.41) is 6.22. The van der Waals surface area contributed by atoms with Crippen molar-refractivity contribution in [2.24, 2.45) is 5.92 Å². The minimum atomic E-state index is -0.712. The number of ether oxygens (including phenoxy) is 1. The van der Waals surface area contributed by atoms with Crippen molar-refractivity contribution >= 4 is 33.6 Å². The maximum Gasteiger partial charge on any atom is 0.408 e. The average Bonchev–Trinajstić information content (AvgIpc) is 3.01. The highest BCUT2D eigenvalue weighted by atomic mass is 32.1. The molecule has 0 spiro atoms. The van der Waals surface area contributed by atoms with Gasteiger partial charge >= 0.3 is 6.09 Å². The van der Waals surface area contributed by atoms with E-state index in [1.807, 2.05) is 20.8 Å². The number of aromatic nitrogens is 1. The molecule has 0 aliphatic rings. The number of benzene rings is 1. The second-order valence-electron chi connectivity index (χ2n) is 6.86. The van der Waals surface area contributed by atoms with Crippen molar-refractivity contribution in [3.8, 4) is 0 Å². The summed E-state index contributed by atoms with van der Waals surface area (Å²) in [7, 11) is 0. The van der Waals surface area contributed by atoms with Gasteiger partial charge in [-0.15, -0.1) is 11.3 Å². The Hall–Kier alpha value is -2.22. The number of nitrogens with zero attached hydrogens (tertiary/aromatic N) is 1. The van der Waals surface area contributed by atoms with Crippen LogP contribution in [0.3, 0.4) is 0 Å². The van der Waals surface area contributed by atoms with Crippen LogP contribution in [0.25, 0.3) is 10.2 Å². The van der Waals surface area contributed by atoms with Crippen molar-refractivity contribution < 1.29 is 18.7 Å². The summed E-state index contributed by atoms with van der Waals surface area (Å²) in [4.78, 5) is 29.1. The van der Waals surface area contributed by atoms with Crippen LogP contribution >= 0.6 is 11.3 Å². The first-order valence-corrected chi connectivity index (χ1v) is 9.86. The molecule has 8 heteroatoms. The SMILES string of the molecule is CCC(C)C(NC(=O)OC(C)C)C(=O)N[C@@H](C)c1nc2ccc(F)cc2s1. The fourth-order valence-electron chi connectivity index (χ4n) is 2.54. The molecule has 1 aromatic carbocycles. The molecule has 148 valence electrons. The Morgan fingerprint density at radius 3 is 2.56 bits per heavy atom. The van der Waals surface area contributed by atoms with Gasteiger partial charge in [-0.3, -0.25) is 4.79 Å². The molecule has 2 amide bonds. The topological polar surface area (TPSA) is 80.3 Å². The molecule has 27 heavy (non-hydrogen) atoms. The van der Waals surface area contributed by atoms with Crippen molar-refractivity contribution in [3.05, 3.63) is 29.0 Å². The molecular weight excluding hydrogens is 369 g/mol. The van der Waals surface area contributed by atoms with Gasteiger partial charge in [0.05, 0.1) is 22.4 Å². The molecule has 2 aromatic rings. The maximum absolute atomic E-state index is 13.4. The average molecular weight is 396 g/mol. The number of nitrogens with one attached hydrogen (secondary N) is 2. The quantitative estimate of drug-likeness (QED) is 0.738. The fourth-order valence-corrected chi connectivity index (χ4v) is 3.54. The number of rotatable bonds is 7. The van der Waals surface area contributed by atoms with Gasteiger partial charge in [0.25, 0.3) is 0 Å². The molecule has 0 saturated carbocycles. The van der Waals surface area contributed by atoms with Crippen LogP contribution in [0.4, 0.5) is 9.18 Å². The first kappa shape index (κ1) is 21.1. The fraction of sp³-hybridized carbons (Fsp3) is 0.526. The Bertz CT molecular complexity index is 809. The third kappa shape index (κ3) is 5.63. The van der Waals surface area contributed by atoms with Crippen LogP contribution in [-0.4, -0.2) is 29.1 Å². The number of halogens is 1. The van der Waals surface area contributed by atoms with Crippen molar-refractivity contribution in [1.29, 1.82) is 0 Å². The van der Waals surface area contributed by atoms with Gasteiger partial charge in [0.15, 0.2) is 0 Å². The predicted octanol–water partition coefficient (Wildman–Crippen LogP) is 4.16. The zero-order valence-corrected chi connectivity index (χ0v) is 17.0. The number of alkyl carbamates (subject to hydrolysis) is 1. The Balaban J connectivity index is 2.10. The molecule has 2 N–H and O–H groups in total. The van der Waals surface area contributed by atoms with Crippen LogP contribution in [0, 0.1) is 11.7 Å². The number of thiazole rings is 1. The van der Waals surface area contributed by atoms with Crippen molar-refractivity contribution in [2.45, 2.75) is 59.2 Å². The molecule has 1 aromatic heterocycles. The lowest BCUT2D eigenvalue weighted by Gasteiger charge is -2.25. The molecule has 0 radical (unpaired) electrons. The number of hydrogen-bond donors (Lipinski definition) is 2. The van der Waals surface area contributed by atoms with Gasteiger partial charge in [-0.2, -0.15) is 0 Å². The van der Waals surface area contributed by atoms with E-state index in [-0.39, 0.29) is 29.8 Å². The van der Waals surface area contributed by atoms with Crippen molar-refractivity contribution in [2.75, 3.05) is 0 Å². The lowest BCUT2D eigenvalue weighted by molar-refractivity contribution is -0.125. The largest absolute Gasteiger partial charge is 0.447 e. The van der Waals surface area contributed by atoms with E-state index in [1.165, 1.54) is 23.5 Å². The predicted molar refractivity (Wildman–Crippen MR) is 104 cm³/mol. The number of fused-ring (bicyclic) bond motifs is 1. The van der Waals surface area contributed by atoms with Gasteiger partial charge in [0.1, 0.15) is 16.9 Å². The summed E-state index contributed by atoms with van der Waals surface area (Å²) in [6, 6.07) is 3.32. The van der Waals surface area contributed by atoms with Crippen molar-refractivity contribution in [3.63, 3.8) is 0 Å². The van der Waals surface area contributed by atoms with Crippen LogP contribution in [-0.2, 0) is 9.53 Å². The van der Waals surface area contributed by atoms with E-state index in [0.29, 0.717) is 10.5 Å². The second kappa shape index (κ2) is 9.12. The summed E-state index contributed by atoms with van der Waals surface area (Å²) in [5.74, 6) is -0.691. The van der Waals surface area contributed by atoms with Gasteiger partial charge in [0, 0.05) is 0 Å². The number of carbonyl (C=O) groups excluding carboxylic acids is 2.